The molecular weight excluding hydrogens is 296 g/mol. The molecule has 3 aromatic rings. The largest absolute Gasteiger partial charge is 0.496 e. The highest BCUT2D eigenvalue weighted by Crippen LogP contribution is 2.33. The van der Waals surface area contributed by atoms with Gasteiger partial charge in [0, 0.05) is 29.6 Å². The van der Waals surface area contributed by atoms with Crippen molar-refractivity contribution < 1.29 is 4.74 Å². The Morgan fingerprint density at radius 2 is 1.88 bits per heavy atom. The van der Waals surface area contributed by atoms with Gasteiger partial charge in [0.1, 0.15) is 5.75 Å². The fourth-order valence-electron chi connectivity index (χ4n) is 3.60. The van der Waals surface area contributed by atoms with Crippen molar-refractivity contribution in [2.75, 3.05) is 13.7 Å². The van der Waals surface area contributed by atoms with Crippen LogP contribution >= 0.6 is 0 Å². The van der Waals surface area contributed by atoms with Crippen molar-refractivity contribution in [3.8, 4) is 5.75 Å². The van der Waals surface area contributed by atoms with E-state index in [9.17, 15) is 0 Å². The maximum Gasteiger partial charge on any atom is 0.122 e. The molecule has 1 aromatic heterocycles. The van der Waals surface area contributed by atoms with Gasteiger partial charge in [0.2, 0.25) is 0 Å². The number of nitrogens with zero attached hydrogens (tertiary/aromatic N) is 1. The van der Waals surface area contributed by atoms with E-state index in [4.69, 9.17) is 10.5 Å². The Kier molecular flexibility index (Phi) is 4.63. The minimum absolute atomic E-state index is 0.240. The zero-order chi connectivity index (χ0) is 17.3. The molecule has 0 aliphatic carbocycles. The lowest BCUT2D eigenvalue weighted by atomic mass is 9.89. The van der Waals surface area contributed by atoms with E-state index in [1.807, 2.05) is 6.07 Å². The van der Waals surface area contributed by atoms with Gasteiger partial charge in [0.15, 0.2) is 0 Å². The van der Waals surface area contributed by atoms with Crippen molar-refractivity contribution in [3.05, 3.63) is 64.8 Å². The highest BCUT2D eigenvalue weighted by Gasteiger charge is 2.20. The monoisotopic (exact) mass is 322 g/mol. The number of aryl methyl sites for hydroxylation is 2. The Labute approximate surface area is 144 Å². The number of hydrogen-bond donors (Lipinski definition) is 1. The number of nitrogens with two attached hydrogens (primary N) is 1. The summed E-state index contributed by atoms with van der Waals surface area (Å²) in [6.45, 7) is 4.90. The number of aromatic nitrogens is 1. The number of benzene rings is 2. The SMILES string of the molecule is COc1ccc(C)cc1C(CN)Cc1c(C)n(C)c2ccccc12. The second-order valence-corrected chi connectivity index (χ2v) is 6.52. The molecule has 126 valence electrons. The van der Waals surface area contributed by atoms with Crippen molar-refractivity contribution >= 4 is 10.9 Å². The van der Waals surface area contributed by atoms with Crippen LogP contribution in [0.1, 0.15) is 28.3 Å². The Balaban J connectivity index is 2.07. The van der Waals surface area contributed by atoms with Crippen LogP contribution in [0.4, 0.5) is 0 Å². The number of para-hydroxylation sites is 1. The van der Waals surface area contributed by atoms with Gasteiger partial charge in [-0.15, -0.1) is 0 Å². The normalized spacial score (nSPS) is 12.5. The Bertz CT molecular complexity index is 864. The molecule has 0 radical (unpaired) electrons. The first kappa shape index (κ1) is 16.6. The molecule has 0 saturated heterocycles. The van der Waals surface area contributed by atoms with E-state index in [0.29, 0.717) is 6.54 Å². The molecule has 3 nitrogen and oxygen atoms in total. The fraction of sp³-hybridized carbons (Fsp3) is 0.333. The van der Waals surface area contributed by atoms with Gasteiger partial charge in [-0.25, -0.2) is 0 Å². The highest BCUT2D eigenvalue weighted by atomic mass is 16.5. The molecule has 0 fully saturated rings. The Morgan fingerprint density at radius 3 is 2.58 bits per heavy atom. The highest BCUT2D eigenvalue weighted by molar-refractivity contribution is 5.85. The molecule has 24 heavy (non-hydrogen) atoms. The number of fused-ring (bicyclic) bond motifs is 1. The molecule has 2 aromatic carbocycles. The van der Waals surface area contributed by atoms with Gasteiger partial charge in [0.25, 0.3) is 0 Å². The van der Waals surface area contributed by atoms with Crippen molar-refractivity contribution in [2.45, 2.75) is 26.2 Å². The van der Waals surface area contributed by atoms with E-state index in [1.54, 1.807) is 7.11 Å². The van der Waals surface area contributed by atoms with Crippen molar-refractivity contribution in [1.82, 2.24) is 4.57 Å². The van der Waals surface area contributed by atoms with Crippen molar-refractivity contribution in [2.24, 2.45) is 12.8 Å². The van der Waals surface area contributed by atoms with Crippen LogP contribution in [-0.4, -0.2) is 18.2 Å². The van der Waals surface area contributed by atoms with Gasteiger partial charge in [-0.3, -0.25) is 0 Å². The molecule has 3 heteroatoms. The molecule has 1 heterocycles. The summed E-state index contributed by atoms with van der Waals surface area (Å²) in [6.07, 6.45) is 0.920. The summed E-state index contributed by atoms with van der Waals surface area (Å²) < 4.78 is 7.85. The first-order chi connectivity index (χ1) is 11.6. The standard InChI is InChI=1S/C21H26N2O/c1-14-9-10-21(24-4)19(11-14)16(13-22)12-18-15(2)23(3)20-8-6-5-7-17(18)20/h5-11,16H,12-13,22H2,1-4H3. The van der Waals surface area contributed by atoms with E-state index < -0.39 is 0 Å². The second-order valence-electron chi connectivity index (χ2n) is 6.52. The van der Waals surface area contributed by atoms with Crippen LogP contribution in [0.5, 0.6) is 5.75 Å². The predicted octanol–water partition coefficient (Wildman–Crippen LogP) is 4.09. The maximum absolute atomic E-state index is 6.16. The average Bonchev–Trinajstić information content (AvgIpc) is 2.84. The van der Waals surface area contributed by atoms with E-state index in [1.165, 1.54) is 33.3 Å². The molecular formula is C21H26N2O. The summed E-state index contributed by atoms with van der Waals surface area (Å²) in [6, 6.07) is 14.9. The number of hydrogen-bond acceptors (Lipinski definition) is 2. The van der Waals surface area contributed by atoms with Crippen LogP contribution < -0.4 is 10.5 Å². The lowest BCUT2D eigenvalue weighted by molar-refractivity contribution is 0.405. The third-order valence-electron chi connectivity index (χ3n) is 5.09. The van der Waals surface area contributed by atoms with Crippen LogP contribution in [0, 0.1) is 13.8 Å². The lowest BCUT2D eigenvalue weighted by Gasteiger charge is -2.19. The first-order valence-corrected chi connectivity index (χ1v) is 8.44. The molecule has 0 bridgehead atoms. The van der Waals surface area contributed by atoms with Crippen LogP contribution in [0.25, 0.3) is 10.9 Å². The molecule has 0 aliphatic heterocycles. The summed E-state index contributed by atoms with van der Waals surface area (Å²) >= 11 is 0. The number of methoxy groups -OCH3 is 1. The van der Waals surface area contributed by atoms with Gasteiger partial charge in [-0.2, -0.15) is 0 Å². The minimum Gasteiger partial charge on any atom is -0.496 e. The van der Waals surface area contributed by atoms with Gasteiger partial charge < -0.3 is 15.0 Å². The topological polar surface area (TPSA) is 40.2 Å². The number of rotatable bonds is 5. The zero-order valence-electron chi connectivity index (χ0n) is 15.0. The average molecular weight is 322 g/mol. The van der Waals surface area contributed by atoms with E-state index >= 15 is 0 Å². The van der Waals surface area contributed by atoms with E-state index in [2.05, 4.69) is 61.9 Å². The van der Waals surface area contributed by atoms with Crippen LogP contribution in [0.2, 0.25) is 0 Å². The van der Waals surface area contributed by atoms with Gasteiger partial charge in [-0.05, 0) is 50.1 Å². The molecule has 2 N–H and O–H groups in total. The molecule has 3 rings (SSSR count). The summed E-state index contributed by atoms with van der Waals surface area (Å²) in [4.78, 5) is 0. The van der Waals surface area contributed by atoms with Crippen LogP contribution in [0.3, 0.4) is 0 Å². The third kappa shape index (κ3) is 2.80. The Hall–Kier alpha value is -2.26. The van der Waals surface area contributed by atoms with Gasteiger partial charge in [-0.1, -0.05) is 35.9 Å². The van der Waals surface area contributed by atoms with E-state index in [-0.39, 0.29) is 5.92 Å². The molecule has 1 unspecified atom stereocenters. The number of ether oxygens (including phenoxy) is 1. The maximum atomic E-state index is 6.16. The molecule has 0 spiro atoms. The molecule has 1 atom stereocenters. The summed E-state index contributed by atoms with van der Waals surface area (Å²) in [7, 11) is 3.86. The molecule has 0 aliphatic rings. The quantitative estimate of drug-likeness (QED) is 0.768. The summed E-state index contributed by atoms with van der Waals surface area (Å²) in [5, 5.41) is 1.32. The van der Waals surface area contributed by atoms with Gasteiger partial charge in [0.05, 0.1) is 7.11 Å². The van der Waals surface area contributed by atoms with E-state index in [0.717, 1.165) is 12.2 Å². The minimum atomic E-state index is 0.240. The van der Waals surface area contributed by atoms with Crippen molar-refractivity contribution in [3.63, 3.8) is 0 Å². The van der Waals surface area contributed by atoms with Crippen LogP contribution in [-0.2, 0) is 13.5 Å². The lowest BCUT2D eigenvalue weighted by Crippen LogP contribution is -2.16. The smallest absolute Gasteiger partial charge is 0.122 e. The predicted molar refractivity (Wildman–Crippen MR) is 101 cm³/mol. The summed E-state index contributed by atoms with van der Waals surface area (Å²) in [5.74, 6) is 1.17. The second kappa shape index (κ2) is 6.70. The first-order valence-electron chi connectivity index (χ1n) is 8.44. The van der Waals surface area contributed by atoms with Crippen molar-refractivity contribution in [1.29, 1.82) is 0 Å². The Morgan fingerprint density at radius 1 is 1.12 bits per heavy atom. The van der Waals surface area contributed by atoms with Gasteiger partial charge >= 0.3 is 0 Å². The fourth-order valence-corrected chi connectivity index (χ4v) is 3.60. The van der Waals surface area contributed by atoms with Crippen LogP contribution in [0.15, 0.2) is 42.5 Å². The zero-order valence-corrected chi connectivity index (χ0v) is 15.0. The summed E-state index contributed by atoms with van der Waals surface area (Å²) in [5.41, 5.74) is 12.6. The third-order valence-corrected chi connectivity index (χ3v) is 5.09. The molecule has 0 amide bonds. The molecule has 0 saturated carbocycles.